The molecule has 0 radical (unpaired) electrons. The molecule has 2 aliphatic rings. The van der Waals surface area contributed by atoms with E-state index in [1.165, 1.54) is 6.42 Å². The van der Waals surface area contributed by atoms with Crippen molar-refractivity contribution in [3.8, 4) is 0 Å². The van der Waals surface area contributed by atoms with E-state index < -0.39 is 8.32 Å². The van der Waals surface area contributed by atoms with Gasteiger partial charge in [-0.3, -0.25) is 0 Å². The SMILES string of the molecule is C[C@@H]1[C@@H](O[Si](C)(C)C(C)(C)C)[C@H](C)C[C@@H]2C=C[C@H](C)[C@@H](CO)[C@@H]12. The first kappa shape index (κ1) is 19.2. The van der Waals surface area contributed by atoms with E-state index in [0.29, 0.717) is 48.2 Å². The Balaban J connectivity index is 2.25. The average molecular weight is 339 g/mol. The third-order valence-corrected chi connectivity index (χ3v) is 11.6. The summed E-state index contributed by atoms with van der Waals surface area (Å²) in [7, 11) is -1.76. The lowest BCUT2D eigenvalue weighted by molar-refractivity contribution is -0.0507. The second kappa shape index (κ2) is 6.65. The smallest absolute Gasteiger partial charge is 0.192 e. The summed E-state index contributed by atoms with van der Waals surface area (Å²) < 4.78 is 6.88. The van der Waals surface area contributed by atoms with Crippen LogP contribution in [0.2, 0.25) is 18.1 Å². The number of fused-ring (bicyclic) bond motifs is 1. The van der Waals surface area contributed by atoms with Crippen LogP contribution in [-0.4, -0.2) is 26.1 Å². The minimum absolute atomic E-state index is 0.249. The summed E-state index contributed by atoms with van der Waals surface area (Å²) in [5.41, 5.74) is 0. The van der Waals surface area contributed by atoms with Crippen molar-refractivity contribution in [1.82, 2.24) is 0 Å². The van der Waals surface area contributed by atoms with Crippen molar-refractivity contribution in [3.05, 3.63) is 12.2 Å². The summed E-state index contributed by atoms with van der Waals surface area (Å²) in [6.45, 7) is 19.0. The van der Waals surface area contributed by atoms with Gasteiger partial charge in [0.15, 0.2) is 8.32 Å². The fraction of sp³-hybridized carbons (Fsp3) is 0.900. The van der Waals surface area contributed by atoms with Crippen LogP contribution in [0, 0.1) is 35.5 Å². The maximum atomic E-state index is 9.97. The van der Waals surface area contributed by atoms with Crippen molar-refractivity contribution in [2.45, 2.75) is 72.2 Å². The molecule has 134 valence electrons. The molecule has 2 rings (SSSR count). The molecule has 2 nitrogen and oxygen atoms in total. The Morgan fingerprint density at radius 1 is 1.13 bits per heavy atom. The summed E-state index contributed by atoms with van der Waals surface area (Å²) in [6, 6.07) is 0. The molecule has 0 heterocycles. The zero-order valence-corrected chi connectivity index (χ0v) is 17.5. The summed E-state index contributed by atoms with van der Waals surface area (Å²) in [4.78, 5) is 0. The molecule has 3 heteroatoms. The van der Waals surface area contributed by atoms with Gasteiger partial charge in [-0.1, -0.05) is 53.7 Å². The Kier molecular flexibility index (Phi) is 5.55. The number of hydrogen-bond donors (Lipinski definition) is 1. The molecule has 0 aliphatic heterocycles. The van der Waals surface area contributed by atoms with Gasteiger partial charge in [0, 0.05) is 6.61 Å². The fourth-order valence-electron chi connectivity index (χ4n) is 4.60. The van der Waals surface area contributed by atoms with Crippen LogP contribution in [0.4, 0.5) is 0 Å². The van der Waals surface area contributed by atoms with E-state index in [4.69, 9.17) is 4.43 Å². The molecule has 0 aromatic rings. The lowest BCUT2D eigenvalue weighted by Gasteiger charge is -2.52. The van der Waals surface area contributed by atoms with Gasteiger partial charge in [0.25, 0.3) is 0 Å². The van der Waals surface area contributed by atoms with Gasteiger partial charge in [0.1, 0.15) is 0 Å². The normalized spacial score (nSPS) is 41.7. The fourth-order valence-corrected chi connectivity index (χ4v) is 6.08. The highest BCUT2D eigenvalue weighted by molar-refractivity contribution is 6.74. The number of rotatable bonds is 3. The molecule has 0 aromatic carbocycles. The molecular weight excluding hydrogens is 300 g/mol. The Labute approximate surface area is 144 Å². The third-order valence-electron chi connectivity index (χ3n) is 7.10. The minimum atomic E-state index is -1.76. The van der Waals surface area contributed by atoms with Crippen molar-refractivity contribution >= 4 is 8.32 Å². The summed E-state index contributed by atoms with van der Waals surface area (Å²) in [5, 5.41) is 10.2. The van der Waals surface area contributed by atoms with Crippen LogP contribution in [0.25, 0.3) is 0 Å². The number of aliphatic hydroxyl groups excluding tert-OH is 1. The average Bonchev–Trinajstić information content (AvgIpc) is 2.43. The van der Waals surface area contributed by atoms with Crippen LogP contribution in [0.1, 0.15) is 48.0 Å². The van der Waals surface area contributed by atoms with Crippen molar-refractivity contribution < 1.29 is 9.53 Å². The highest BCUT2D eigenvalue weighted by Crippen LogP contribution is 2.50. The maximum absolute atomic E-state index is 9.97. The summed E-state index contributed by atoms with van der Waals surface area (Å²) >= 11 is 0. The molecule has 0 amide bonds. The van der Waals surface area contributed by atoms with Gasteiger partial charge in [-0.25, -0.2) is 0 Å². The van der Waals surface area contributed by atoms with Gasteiger partial charge in [0.05, 0.1) is 6.10 Å². The van der Waals surface area contributed by atoms with E-state index in [1.54, 1.807) is 0 Å². The van der Waals surface area contributed by atoms with E-state index in [1.807, 2.05) is 0 Å². The Morgan fingerprint density at radius 2 is 1.74 bits per heavy atom. The van der Waals surface area contributed by atoms with Crippen LogP contribution >= 0.6 is 0 Å². The first-order valence-corrected chi connectivity index (χ1v) is 12.4. The molecule has 0 aromatic heterocycles. The van der Waals surface area contributed by atoms with E-state index in [-0.39, 0.29) is 5.04 Å². The van der Waals surface area contributed by atoms with Crippen LogP contribution in [0.5, 0.6) is 0 Å². The van der Waals surface area contributed by atoms with Gasteiger partial charge in [-0.05, 0) is 60.1 Å². The molecule has 1 saturated carbocycles. The molecule has 7 atom stereocenters. The van der Waals surface area contributed by atoms with Gasteiger partial charge in [0.2, 0.25) is 0 Å². The topological polar surface area (TPSA) is 29.5 Å². The van der Waals surface area contributed by atoms with E-state index in [2.05, 4.69) is 66.8 Å². The quantitative estimate of drug-likeness (QED) is 0.573. The monoisotopic (exact) mass is 338 g/mol. The van der Waals surface area contributed by atoms with Crippen molar-refractivity contribution in [1.29, 1.82) is 0 Å². The standard InChI is InChI=1S/C20H38O2Si/c1-13-9-10-16-11-14(2)19(15(3)18(16)17(13)12-21)22-23(7,8)20(4,5)6/h9-10,13-19,21H,11-12H2,1-8H3/t13-,14+,15-,16-,17+,18-,19-/m0/s1. The van der Waals surface area contributed by atoms with Gasteiger partial charge >= 0.3 is 0 Å². The molecular formula is C20H38O2Si. The maximum Gasteiger partial charge on any atom is 0.192 e. The van der Waals surface area contributed by atoms with Gasteiger partial charge < -0.3 is 9.53 Å². The highest BCUT2D eigenvalue weighted by atomic mass is 28.4. The molecule has 0 unspecified atom stereocenters. The lowest BCUT2D eigenvalue weighted by atomic mass is 9.58. The molecule has 0 saturated heterocycles. The largest absolute Gasteiger partial charge is 0.413 e. The highest BCUT2D eigenvalue weighted by Gasteiger charge is 2.49. The summed E-state index contributed by atoms with van der Waals surface area (Å²) in [5.74, 6) is 3.16. The first-order chi connectivity index (χ1) is 10.5. The molecule has 2 aliphatic carbocycles. The van der Waals surface area contributed by atoms with Crippen molar-refractivity contribution in [2.75, 3.05) is 6.61 Å². The first-order valence-electron chi connectivity index (χ1n) is 9.46. The van der Waals surface area contributed by atoms with Crippen molar-refractivity contribution in [3.63, 3.8) is 0 Å². The van der Waals surface area contributed by atoms with Gasteiger partial charge in [-0.15, -0.1) is 0 Å². The molecule has 0 bridgehead atoms. The van der Waals surface area contributed by atoms with Crippen LogP contribution < -0.4 is 0 Å². The van der Waals surface area contributed by atoms with E-state index in [0.717, 1.165) is 0 Å². The lowest BCUT2D eigenvalue weighted by Crippen LogP contribution is -2.53. The second-order valence-electron chi connectivity index (χ2n) is 9.75. The number of aliphatic hydroxyl groups is 1. The van der Waals surface area contributed by atoms with Gasteiger partial charge in [-0.2, -0.15) is 0 Å². The predicted molar refractivity (Wildman–Crippen MR) is 101 cm³/mol. The van der Waals surface area contributed by atoms with Crippen LogP contribution in [0.15, 0.2) is 12.2 Å². The van der Waals surface area contributed by atoms with Crippen LogP contribution in [-0.2, 0) is 4.43 Å². The van der Waals surface area contributed by atoms with E-state index >= 15 is 0 Å². The molecule has 0 spiro atoms. The van der Waals surface area contributed by atoms with Crippen LogP contribution in [0.3, 0.4) is 0 Å². The third kappa shape index (κ3) is 3.62. The Bertz CT molecular complexity index is 437. The predicted octanol–water partition coefficient (Wildman–Crippen LogP) is 5.10. The molecule has 1 N–H and O–H groups in total. The van der Waals surface area contributed by atoms with E-state index in [9.17, 15) is 5.11 Å². The van der Waals surface area contributed by atoms with Crippen molar-refractivity contribution in [2.24, 2.45) is 35.5 Å². The number of hydrogen-bond acceptors (Lipinski definition) is 2. The summed E-state index contributed by atoms with van der Waals surface area (Å²) in [6.07, 6.45) is 6.30. The zero-order chi connectivity index (χ0) is 17.6. The zero-order valence-electron chi connectivity index (χ0n) is 16.5. The minimum Gasteiger partial charge on any atom is -0.413 e. The number of allylic oxidation sites excluding steroid dienone is 2. The molecule has 1 fully saturated rings. The Hall–Kier alpha value is -0.123. The second-order valence-corrected chi connectivity index (χ2v) is 14.5. The Morgan fingerprint density at radius 3 is 2.26 bits per heavy atom. The molecule has 23 heavy (non-hydrogen) atoms.